The molecule has 1 fully saturated rings. The van der Waals surface area contributed by atoms with Crippen molar-refractivity contribution >= 4 is 11.8 Å². The summed E-state index contributed by atoms with van der Waals surface area (Å²) in [6.07, 6.45) is 8.34. The Kier molecular flexibility index (Phi) is 7.96. The van der Waals surface area contributed by atoms with E-state index in [4.69, 9.17) is 5.73 Å². The first-order valence-electron chi connectivity index (χ1n) is 9.71. The number of benzene rings is 1. The van der Waals surface area contributed by atoms with Gasteiger partial charge in [-0.2, -0.15) is 0 Å². The first-order chi connectivity index (χ1) is 12.1. The lowest BCUT2D eigenvalue weighted by molar-refractivity contribution is -0.137. The lowest BCUT2D eigenvalue weighted by Crippen LogP contribution is -2.39. The number of carbonyl (C=O) groups is 2. The number of rotatable bonds is 9. The summed E-state index contributed by atoms with van der Waals surface area (Å²) in [4.78, 5) is 26.0. The van der Waals surface area contributed by atoms with Crippen molar-refractivity contribution < 1.29 is 9.59 Å². The fourth-order valence-electron chi connectivity index (χ4n) is 3.77. The molecule has 1 aliphatic carbocycles. The molecule has 0 aromatic heterocycles. The maximum atomic E-state index is 13.0. The van der Waals surface area contributed by atoms with E-state index in [9.17, 15) is 9.59 Å². The maximum Gasteiger partial charge on any atom is 0.225 e. The molecule has 0 heterocycles. The highest BCUT2D eigenvalue weighted by Crippen LogP contribution is 2.33. The topological polar surface area (TPSA) is 63.4 Å². The van der Waals surface area contributed by atoms with Gasteiger partial charge in [-0.05, 0) is 37.2 Å². The van der Waals surface area contributed by atoms with Gasteiger partial charge < -0.3 is 10.6 Å². The number of unbranched alkanes of at least 4 members (excludes halogenated alkanes) is 1. The zero-order chi connectivity index (χ0) is 18.1. The Morgan fingerprint density at radius 3 is 2.40 bits per heavy atom. The van der Waals surface area contributed by atoms with Gasteiger partial charge in [0.1, 0.15) is 0 Å². The van der Waals surface area contributed by atoms with Gasteiger partial charge in [0.25, 0.3) is 0 Å². The Balaban J connectivity index is 1.94. The van der Waals surface area contributed by atoms with Gasteiger partial charge in [-0.15, -0.1) is 0 Å². The first-order valence-corrected chi connectivity index (χ1v) is 9.71. The number of amides is 2. The van der Waals surface area contributed by atoms with Crippen LogP contribution in [0.1, 0.15) is 63.9 Å². The third kappa shape index (κ3) is 6.52. The van der Waals surface area contributed by atoms with Crippen molar-refractivity contribution in [1.29, 1.82) is 0 Å². The molecule has 0 aliphatic heterocycles. The summed E-state index contributed by atoms with van der Waals surface area (Å²) in [6, 6.07) is 9.96. The van der Waals surface area contributed by atoms with Gasteiger partial charge in [0.15, 0.2) is 0 Å². The molecule has 1 saturated carbocycles. The smallest absolute Gasteiger partial charge is 0.225 e. The predicted molar refractivity (Wildman–Crippen MR) is 101 cm³/mol. The van der Waals surface area contributed by atoms with E-state index in [0.717, 1.165) is 37.2 Å². The van der Waals surface area contributed by atoms with Gasteiger partial charge >= 0.3 is 0 Å². The number of hydrogen-bond donors (Lipinski definition) is 1. The van der Waals surface area contributed by atoms with Crippen molar-refractivity contribution in [3.8, 4) is 0 Å². The van der Waals surface area contributed by atoms with E-state index >= 15 is 0 Å². The Hall–Kier alpha value is -1.84. The van der Waals surface area contributed by atoms with Gasteiger partial charge in [-0.1, -0.05) is 56.5 Å². The van der Waals surface area contributed by atoms with E-state index < -0.39 is 0 Å². The van der Waals surface area contributed by atoms with Crippen LogP contribution >= 0.6 is 0 Å². The van der Waals surface area contributed by atoms with Crippen molar-refractivity contribution in [3.63, 3.8) is 0 Å². The summed E-state index contributed by atoms with van der Waals surface area (Å²) < 4.78 is 0. The van der Waals surface area contributed by atoms with Gasteiger partial charge in [-0.3, -0.25) is 9.59 Å². The maximum absolute atomic E-state index is 13.0. The minimum Gasteiger partial charge on any atom is -0.370 e. The van der Waals surface area contributed by atoms with Crippen LogP contribution in [0.3, 0.4) is 0 Å². The van der Waals surface area contributed by atoms with E-state index in [0.29, 0.717) is 13.1 Å². The average molecular weight is 344 g/mol. The van der Waals surface area contributed by atoms with Crippen molar-refractivity contribution in [2.24, 2.45) is 17.6 Å². The lowest BCUT2D eigenvalue weighted by Gasteiger charge is -2.32. The number of primary amides is 1. The molecular formula is C21H32N2O2. The SMILES string of the molecule is CCCCC1CCC(C(=O)N(CCC(N)=O)Cc2ccccc2)CC1. The molecule has 0 bridgehead atoms. The van der Waals surface area contributed by atoms with Crippen LogP contribution in [0.15, 0.2) is 30.3 Å². The number of hydrogen-bond acceptors (Lipinski definition) is 2. The van der Waals surface area contributed by atoms with E-state index in [-0.39, 0.29) is 24.2 Å². The van der Waals surface area contributed by atoms with Crippen LogP contribution in [0, 0.1) is 11.8 Å². The summed E-state index contributed by atoms with van der Waals surface area (Å²) >= 11 is 0. The lowest BCUT2D eigenvalue weighted by atomic mass is 9.79. The quantitative estimate of drug-likeness (QED) is 0.739. The highest BCUT2D eigenvalue weighted by atomic mass is 16.2. The van der Waals surface area contributed by atoms with Crippen molar-refractivity contribution in [3.05, 3.63) is 35.9 Å². The molecule has 0 unspecified atom stereocenters. The van der Waals surface area contributed by atoms with E-state index in [1.54, 1.807) is 0 Å². The molecule has 138 valence electrons. The molecule has 0 spiro atoms. The Morgan fingerprint density at radius 2 is 1.80 bits per heavy atom. The third-order valence-corrected chi connectivity index (χ3v) is 5.32. The van der Waals surface area contributed by atoms with Crippen molar-refractivity contribution in [2.75, 3.05) is 6.54 Å². The molecule has 4 heteroatoms. The molecule has 0 radical (unpaired) electrons. The fraction of sp³-hybridized carbons (Fsp3) is 0.619. The molecule has 1 aromatic rings. The zero-order valence-electron chi connectivity index (χ0n) is 15.5. The summed E-state index contributed by atoms with van der Waals surface area (Å²) in [6.45, 7) is 3.21. The normalized spacial score (nSPS) is 20.2. The third-order valence-electron chi connectivity index (χ3n) is 5.32. The zero-order valence-corrected chi connectivity index (χ0v) is 15.5. The molecule has 2 amide bonds. The molecule has 25 heavy (non-hydrogen) atoms. The minimum atomic E-state index is -0.353. The Bertz CT molecular complexity index is 536. The van der Waals surface area contributed by atoms with Crippen molar-refractivity contribution in [2.45, 2.75) is 64.8 Å². The van der Waals surface area contributed by atoms with Crippen LogP contribution < -0.4 is 5.73 Å². The van der Waals surface area contributed by atoms with E-state index in [1.165, 1.54) is 19.3 Å². The Morgan fingerprint density at radius 1 is 1.12 bits per heavy atom. The monoisotopic (exact) mass is 344 g/mol. The second kappa shape index (κ2) is 10.2. The van der Waals surface area contributed by atoms with Crippen molar-refractivity contribution in [1.82, 2.24) is 4.90 Å². The van der Waals surface area contributed by atoms with E-state index in [1.807, 2.05) is 35.2 Å². The molecule has 2 N–H and O–H groups in total. The van der Waals surface area contributed by atoms with Crippen LogP contribution in [-0.4, -0.2) is 23.3 Å². The highest BCUT2D eigenvalue weighted by molar-refractivity contribution is 5.80. The molecule has 0 atom stereocenters. The average Bonchev–Trinajstić information content (AvgIpc) is 2.64. The van der Waals surface area contributed by atoms with Gasteiger partial charge in [0, 0.05) is 25.4 Å². The Labute approximate surface area is 151 Å². The highest BCUT2D eigenvalue weighted by Gasteiger charge is 2.29. The second-order valence-corrected chi connectivity index (χ2v) is 7.32. The predicted octanol–water partition coefficient (Wildman–Crippen LogP) is 3.89. The van der Waals surface area contributed by atoms with E-state index in [2.05, 4.69) is 6.92 Å². The molecule has 1 aliphatic rings. The molecule has 0 saturated heterocycles. The first kappa shape index (κ1) is 19.5. The number of nitrogens with two attached hydrogens (primary N) is 1. The molecule has 2 rings (SSSR count). The summed E-state index contributed by atoms with van der Waals surface area (Å²) in [7, 11) is 0. The number of nitrogens with zero attached hydrogens (tertiary/aromatic N) is 1. The molecule has 4 nitrogen and oxygen atoms in total. The number of carbonyl (C=O) groups excluding carboxylic acids is 2. The van der Waals surface area contributed by atoms with Crippen LogP contribution in [-0.2, 0) is 16.1 Å². The van der Waals surface area contributed by atoms with Gasteiger partial charge in [0.05, 0.1) is 0 Å². The minimum absolute atomic E-state index is 0.106. The van der Waals surface area contributed by atoms with Crippen LogP contribution in [0.2, 0.25) is 0 Å². The van der Waals surface area contributed by atoms with Crippen LogP contribution in [0.4, 0.5) is 0 Å². The van der Waals surface area contributed by atoms with Gasteiger partial charge in [-0.25, -0.2) is 0 Å². The van der Waals surface area contributed by atoms with Gasteiger partial charge in [0.2, 0.25) is 11.8 Å². The fourth-order valence-corrected chi connectivity index (χ4v) is 3.77. The standard InChI is InChI=1S/C21H32N2O2/c1-2-3-7-17-10-12-19(13-11-17)21(25)23(15-14-20(22)24)16-18-8-5-4-6-9-18/h4-6,8-9,17,19H,2-3,7,10-16H2,1H3,(H2,22,24). The summed E-state index contributed by atoms with van der Waals surface area (Å²) in [5.41, 5.74) is 6.39. The second-order valence-electron chi connectivity index (χ2n) is 7.32. The van der Waals surface area contributed by atoms with Crippen LogP contribution in [0.25, 0.3) is 0 Å². The largest absolute Gasteiger partial charge is 0.370 e. The van der Waals surface area contributed by atoms with Crippen LogP contribution in [0.5, 0.6) is 0 Å². The molecular weight excluding hydrogens is 312 g/mol. The summed E-state index contributed by atoms with van der Waals surface area (Å²) in [5.74, 6) is 0.736. The molecule has 1 aromatic carbocycles. The summed E-state index contributed by atoms with van der Waals surface area (Å²) in [5, 5.41) is 0.